The quantitative estimate of drug-likeness (QED) is 0.655. The summed E-state index contributed by atoms with van der Waals surface area (Å²) in [5.41, 5.74) is 1.43. The van der Waals surface area contributed by atoms with E-state index in [0.717, 1.165) is 15.3 Å². The molecule has 2 N–H and O–H groups in total. The average molecular weight is 362 g/mol. The Morgan fingerprint density at radius 2 is 2.08 bits per heavy atom. The number of hydrogen-bond acceptors (Lipinski definition) is 5. The van der Waals surface area contributed by atoms with Gasteiger partial charge in [-0.2, -0.15) is 0 Å². The van der Waals surface area contributed by atoms with Crippen LogP contribution in [0.15, 0.2) is 42.5 Å². The molecule has 0 unspecified atom stereocenters. The number of aromatic nitrogens is 1. The van der Waals surface area contributed by atoms with Crippen LogP contribution in [-0.2, 0) is 0 Å². The minimum Gasteiger partial charge on any atom is -0.496 e. The van der Waals surface area contributed by atoms with Crippen LogP contribution in [0.1, 0.15) is 10.4 Å². The van der Waals surface area contributed by atoms with Gasteiger partial charge in [0.25, 0.3) is 5.91 Å². The van der Waals surface area contributed by atoms with Crippen LogP contribution in [0, 0.1) is 0 Å². The number of halogens is 1. The lowest BCUT2D eigenvalue weighted by Gasteiger charge is -2.10. The van der Waals surface area contributed by atoms with Crippen LogP contribution in [-0.4, -0.2) is 31.1 Å². The maximum atomic E-state index is 12.2. The molecule has 1 amide bonds. The molecule has 3 aromatic rings. The first-order valence-electron chi connectivity index (χ1n) is 7.38. The molecule has 7 heteroatoms. The summed E-state index contributed by atoms with van der Waals surface area (Å²) in [6.45, 7) is 1.06. The number of para-hydroxylation sites is 1. The highest BCUT2D eigenvalue weighted by Gasteiger charge is 2.12. The predicted octanol–water partition coefficient (Wildman–Crippen LogP) is 3.80. The summed E-state index contributed by atoms with van der Waals surface area (Å²) in [5, 5.41) is 7.44. The minimum absolute atomic E-state index is 0.199. The van der Waals surface area contributed by atoms with Crippen molar-refractivity contribution in [3.63, 3.8) is 0 Å². The number of methoxy groups -OCH3 is 1. The Hall–Kier alpha value is -2.31. The molecule has 3 rings (SSSR count). The van der Waals surface area contributed by atoms with E-state index in [1.807, 2.05) is 24.3 Å². The molecular formula is C17H16ClN3O2S. The molecule has 0 radical (unpaired) electrons. The van der Waals surface area contributed by atoms with Crippen molar-refractivity contribution in [3.8, 4) is 5.75 Å². The van der Waals surface area contributed by atoms with Gasteiger partial charge in [0, 0.05) is 18.1 Å². The Morgan fingerprint density at radius 1 is 1.25 bits per heavy atom. The molecule has 124 valence electrons. The first-order valence-corrected chi connectivity index (χ1v) is 8.58. The van der Waals surface area contributed by atoms with E-state index in [4.69, 9.17) is 16.3 Å². The Balaban J connectivity index is 1.53. The number of benzene rings is 2. The molecule has 0 spiro atoms. The van der Waals surface area contributed by atoms with Gasteiger partial charge < -0.3 is 15.4 Å². The zero-order valence-corrected chi connectivity index (χ0v) is 14.6. The number of carbonyl (C=O) groups is 1. The molecule has 2 aromatic carbocycles. The van der Waals surface area contributed by atoms with Crippen molar-refractivity contribution in [3.05, 3.63) is 53.1 Å². The molecule has 0 aliphatic heterocycles. The number of nitrogens with zero attached hydrogens (tertiary/aromatic N) is 1. The fraction of sp³-hybridized carbons (Fsp3) is 0.176. The highest BCUT2D eigenvalue weighted by molar-refractivity contribution is 7.22. The second-order valence-corrected chi connectivity index (χ2v) is 6.48. The van der Waals surface area contributed by atoms with Crippen molar-refractivity contribution in [2.75, 3.05) is 25.5 Å². The predicted molar refractivity (Wildman–Crippen MR) is 98.4 cm³/mol. The van der Waals surface area contributed by atoms with Gasteiger partial charge in [-0.1, -0.05) is 35.1 Å². The van der Waals surface area contributed by atoms with Gasteiger partial charge in [0.15, 0.2) is 5.13 Å². The standard InChI is InChI=1S/C17H16ClN3O2S/c1-23-14-10-11(18)6-7-12(14)16(22)19-8-9-20-17-21-13-4-2-3-5-15(13)24-17/h2-7,10H,8-9H2,1H3,(H,19,22)(H,20,21). The van der Waals surface area contributed by atoms with Crippen LogP contribution >= 0.6 is 22.9 Å². The van der Waals surface area contributed by atoms with E-state index in [1.54, 1.807) is 29.5 Å². The van der Waals surface area contributed by atoms with Gasteiger partial charge in [0.1, 0.15) is 5.75 Å². The summed E-state index contributed by atoms with van der Waals surface area (Å²) in [7, 11) is 1.51. The molecular weight excluding hydrogens is 346 g/mol. The maximum Gasteiger partial charge on any atom is 0.255 e. The number of anilines is 1. The van der Waals surface area contributed by atoms with Gasteiger partial charge >= 0.3 is 0 Å². The van der Waals surface area contributed by atoms with E-state index >= 15 is 0 Å². The van der Waals surface area contributed by atoms with E-state index in [-0.39, 0.29) is 5.91 Å². The fourth-order valence-corrected chi connectivity index (χ4v) is 3.29. The topological polar surface area (TPSA) is 63.2 Å². The first-order chi connectivity index (χ1) is 11.7. The fourth-order valence-electron chi connectivity index (χ4n) is 2.24. The Kier molecular flexibility index (Phi) is 5.17. The maximum absolute atomic E-state index is 12.2. The number of nitrogens with one attached hydrogen (secondary N) is 2. The van der Waals surface area contributed by atoms with Crippen LogP contribution in [0.25, 0.3) is 10.2 Å². The van der Waals surface area contributed by atoms with Gasteiger partial charge in [-0.05, 0) is 30.3 Å². The van der Waals surface area contributed by atoms with Crippen molar-refractivity contribution in [2.45, 2.75) is 0 Å². The van der Waals surface area contributed by atoms with Gasteiger partial charge in [-0.25, -0.2) is 4.98 Å². The summed E-state index contributed by atoms with van der Waals surface area (Å²) in [5.74, 6) is 0.258. The van der Waals surface area contributed by atoms with Gasteiger partial charge in [0.05, 0.1) is 22.9 Å². The molecule has 0 atom stereocenters. The van der Waals surface area contributed by atoms with E-state index < -0.39 is 0 Å². The average Bonchev–Trinajstić information content (AvgIpc) is 3.01. The van der Waals surface area contributed by atoms with Crippen molar-refractivity contribution in [2.24, 2.45) is 0 Å². The monoisotopic (exact) mass is 361 g/mol. The Morgan fingerprint density at radius 3 is 2.88 bits per heavy atom. The van der Waals surface area contributed by atoms with Crippen LogP contribution in [0.5, 0.6) is 5.75 Å². The first kappa shape index (κ1) is 16.5. The summed E-state index contributed by atoms with van der Waals surface area (Å²) >= 11 is 7.49. The molecule has 1 heterocycles. The molecule has 0 fully saturated rings. The molecule has 24 heavy (non-hydrogen) atoms. The molecule has 0 aliphatic rings. The van der Waals surface area contributed by atoms with E-state index in [9.17, 15) is 4.79 Å². The zero-order valence-electron chi connectivity index (χ0n) is 13.0. The summed E-state index contributed by atoms with van der Waals surface area (Å²) in [6.07, 6.45) is 0. The van der Waals surface area contributed by atoms with E-state index in [2.05, 4.69) is 15.6 Å². The molecule has 0 saturated carbocycles. The number of hydrogen-bond donors (Lipinski definition) is 2. The highest BCUT2D eigenvalue weighted by atomic mass is 35.5. The second-order valence-electron chi connectivity index (χ2n) is 5.01. The van der Waals surface area contributed by atoms with Crippen molar-refractivity contribution >= 4 is 44.2 Å². The number of ether oxygens (including phenoxy) is 1. The van der Waals surface area contributed by atoms with Crippen LogP contribution < -0.4 is 15.4 Å². The van der Waals surface area contributed by atoms with Crippen LogP contribution in [0.2, 0.25) is 5.02 Å². The molecule has 1 aromatic heterocycles. The highest BCUT2D eigenvalue weighted by Crippen LogP contribution is 2.25. The smallest absolute Gasteiger partial charge is 0.255 e. The van der Waals surface area contributed by atoms with Gasteiger partial charge in [-0.3, -0.25) is 4.79 Å². The summed E-state index contributed by atoms with van der Waals surface area (Å²) in [4.78, 5) is 16.7. The number of carbonyl (C=O) groups excluding carboxylic acids is 1. The molecule has 0 aliphatic carbocycles. The summed E-state index contributed by atoms with van der Waals surface area (Å²) in [6, 6.07) is 12.9. The van der Waals surface area contributed by atoms with Gasteiger partial charge in [0.2, 0.25) is 0 Å². The lowest BCUT2D eigenvalue weighted by molar-refractivity contribution is 0.0952. The van der Waals surface area contributed by atoms with Crippen LogP contribution in [0.3, 0.4) is 0 Å². The third kappa shape index (κ3) is 3.77. The van der Waals surface area contributed by atoms with E-state index in [1.165, 1.54) is 7.11 Å². The minimum atomic E-state index is -0.199. The number of amides is 1. The van der Waals surface area contributed by atoms with Crippen LogP contribution in [0.4, 0.5) is 5.13 Å². The largest absolute Gasteiger partial charge is 0.496 e. The second kappa shape index (κ2) is 7.51. The van der Waals surface area contributed by atoms with Crippen molar-refractivity contribution in [1.29, 1.82) is 0 Å². The zero-order chi connectivity index (χ0) is 16.9. The summed E-state index contributed by atoms with van der Waals surface area (Å²) < 4.78 is 6.32. The molecule has 0 bridgehead atoms. The molecule has 5 nitrogen and oxygen atoms in total. The van der Waals surface area contributed by atoms with Crippen molar-refractivity contribution in [1.82, 2.24) is 10.3 Å². The Bertz CT molecular complexity index is 833. The molecule has 0 saturated heterocycles. The van der Waals surface area contributed by atoms with Gasteiger partial charge in [-0.15, -0.1) is 0 Å². The lowest BCUT2D eigenvalue weighted by atomic mass is 10.2. The third-order valence-corrected chi connectivity index (χ3v) is 4.62. The Labute approximate surface area is 148 Å². The number of rotatable bonds is 6. The normalized spacial score (nSPS) is 10.6. The van der Waals surface area contributed by atoms with Crippen molar-refractivity contribution < 1.29 is 9.53 Å². The lowest BCUT2D eigenvalue weighted by Crippen LogP contribution is -2.29. The number of thiazole rings is 1. The SMILES string of the molecule is COc1cc(Cl)ccc1C(=O)NCCNc1nc2ccccc2s1. The van der Waals surface area contributed by atoms with E-state index in [0.29, 0.717) is 29.4 Å². The third-order valence-electron chi connectivity index (χ3n) is 3.39. The number of fused-ring (bicyclic) bond motifs is 1.